The third kappa shape index (κ3) is 8.75. The second-order valence-corrected chi connectivity index (χ2v) is 11.4. The minimum Gasteiger partial charge on any atom is -0.394 e. The molecule has 0 radical (unpaired) electrons. The predicted octanol–water partition coefficient (Wildman–Crippen LogP) is -7.46. The number of carbonyl (C=O) groups excluding carboxylic acids is 2. The molecule has 1 unspecified atom stereocenters. The van der Waals surface area contributed by atoms with E-state index >= 15 is 0 Å². The van der Waals surface area contributed by atoms with Crippen LogP contribution in [0, 0.1) is 0 Å². The summed E-state index contributed by atoms with van der Waals surface area (Å²) in [7, 11) is -5.01. The predicted molar refractivity (Wildman–Crippen MR) is 135 cm³/mol. The molecule has 3 rings (SSSR count). The van der Waals surface area contributed by atoms with E-state index in [0.29, 0.717) is 0 Å². The maximum absolute atomic E-state index is 12.1. The molecule has 2 amide bonds. The molecule has 0 aromatic carbocycles. The molecule has 256 valence electrons. The van der Waals surface area contributed by atoms with Gasteiger partial charge in [0, 0.05) is 13.8 Å². The van der Waals surface area contributed by atoms with E-state index in [2.05, 4.69) is 14.8 Å². The molecule has 3 aliphatic rings. The van der Waals surface area contributed by atoms with Crippen LogP contribution in [0.15, 0.2) is 0 Å². The normalized spacial score (nSPS) is 43.3. The SMILES string of the molecule is CC(=O)N[C@H]1[C@H](O[C@H]2[C@@H](O)[C@@H](CO)OC(O)[C@@H]2NC(C)=O)O[C@H](CO)[C@@H](O[C@@H]2O[C@H](COS(=O)(=O)O)[C@H](O)[C@H](O)[C@H]2O)[C@@H]1O. The van der Waals surface area contributed by atoms with E-state index in [0.717, 1.165) is 13.8 Å². The third-order valence-corrected chi connectivity index (χ3v) is 7.53. The summed E-state index contributed by atoms with van der Waals surface area (Å²) in [5.41, 5.74) is 0. The van der Waals surface area contributed by atoms with E-state index in [9.17, 15) is 58.9 Å². The highest BCUT2D eigenvalue weighted by Crippen LogP contribution is 2.32. The van der Waals surface area contributed by atoms with Crippen LogP contribution in [0.4, 0.5) is 0 Å². The molecule has 11 N–H and O–H groups in total. The number of rotatable bonds is 11. The Hall–Kier alpha value is -1.71. The van der Waals surface area contributed by atoms with E-state index in [1.165, 1.54) is 0 Å². The van der Waals surface area contributed by atoms with Crippen molar-refractivity contribution in [3.8, 4) is 0 Å². The lowest BCUT2D eigenvalue weighted by molar-refractivity contribution is -0.359. The van der Waals surface area contributed by atoms with Crippen LogP contribution in [0.25, 0.3) is 0 Å². The van der Waals surface area contributed by atoms with Gasteiger partial charge in [0.1, 0.15) is 73.1 Å². The van der Waals surface area contributed by atoms with Crippen molar-refractivity contribution in [2.45, 2.75) is 106 Å². The molecule has 3 saturated heterocycles. The second-order valence-electron chi connectivity index (χ2n) is 10.3. The van der Waals surface area contributed by atoms with Crippen molar-refractivity contribution < 1.29 is 91.3 Å². The molecular formula is C22H38N2O19S. The molecule has 21 nitrogen and oxygen atoms in total. The zero-order valence-electron chi connectivity index (χ0n) is 23.3. The van der Waals surface area contributed by atoms with Gasteiger partial charge in [-0.05, 0) is 0 Å². The largest absolute Gasteiger partial charge is 0.397 e. The Bertz CT molecular complexity index is 1080. The zero-order chi connectivity index (χ0) is 33.1. The van der Waals surface area contributed by atoms with Crippen LogP contribution in [0.3, 0.4) is 0 Å². The molecule has 15 atom stereocenters. The smallest absolute Gasteiger partial charge is 0.394 e. The van der Waals surface area contributed by atoms with E-state index in [1.54, 1.807) is 0 Å². The van der Waals surface area contributed by atoms with Gasteiger partial charge < -0.3 is 75.2 Å². The molecule has 0 aliphatic carbocycles. The van der Waals surface area contributed by atoms with Crippen molar-refractivity contribution in [2.24, 2.45) is 0 Å². The van der Waals surface area contributed by atoms with Crippen LogP contribution in [0.2, 0.25) is 0 Å². The Labute approximate surface area is 250 Å². The van der Waals surface area contributed by atoms with Crippen molar-refractivity contribution in [1.82, 2.24) is 10.6 Å². The molecule has 3 fully saturated rings. The molecule has 0 aromatic heterocycles. The summed E-state index contributed by atoms with van der Waals surface area (Å²) < 4.78 is 62.4. The number of amides is 2. The molecular weight excluding hydrogens is 628 g/mol. The molecule has 22 heteroatoms. The Morgan fingerprint density at radius 1 is 0.682 bits per heavy atom. The van der Waals surface area contributed by atoms with Crippen LogP contribution < -0.4 is 10.6 Å². The first-order valence-electron chi connectivity index (χ1n) is 13.2. The standard InChI is InChI=1S/C22H38N2O19S/c1-6(27)23-11-15(31)18(42-22-17(33)16(32)13(29)10(41-22)5-38-44(35,36)37)9(4-26)40-21(11)43-19-12(24-7(2)28)20(34)39-8(3-25)14(19)30/h8-22,25-26,29-34H,3-5H2,1-2H3,(H,23,27)(H,24,28)(H,35,36,37)/t8-,9-,10-,11-,12-,13+,14+,15-,16+,17-,18-,19-,20?,21+,22+/m1/s1. The maximum Gasteiger partial charge on any atom is 0.397 e. The first kappa shape index (κ1) is 36.8. The highest BCUT2D eigenvalue weighted by molar-refractivity contribution is 7.80. The number of ether oxygens (including phenoxy) is 5. The van der Waals surface area contributed by atoms with Gasteiger partial charge in [-0.3, -0.25) is 14.1 Å². The van der Waals surface area contributed by atoms with Crippen molar-refractivity contribution in [3.63, 3.8) is 0 Å². The van der Waals surface area contributed by atoms with E-state index in [4.69, 9.17) is 28.2 Å². The minimum absolute atomic E-state index is 0.677. The minimum atomic E-state index is -5.01. The lowest BCUT2D eigenvalue weighted by Crippen LogP contribution is -2.70. The van der Waals surface area contributed by atoms with E-state index < -0.39 is 134 Å². The van der Waals surface area contributed by atoms with Crippen LogP contribution in [-0.2, 0) is 47.9 Å². The number of nitrogens with one attached hydrogen (secondary N) is 2. The van der Waals surface area contributed by atoms with Gasteiger partial charge in [0.15, 0.2) is 18.9 Å². The number of hydrogen-bond donors (Lipinski definition) is 11. The highest BCUT2D eigenvalue weighted by atomic mass is 32.3. The summed E-state index contributed by atoms with van der Waals surface area (Å²) in [6.07, 6.45) is -23.0. The van der Waals surface area contributed by atoms with Gasteiger partial charge in [-0.2, -0.15) is 8.42 Å². The summed E-state index contributed by atoms with van der Waals surface area (Å²) in [5, 5.41) is 87.6. The van der Waals surface area contributed by atoms with Crippen molar-refractivity contribution in [1.29, 1.82) is 0 Å². The van der Waals surface area contributed by atoms with Crippen LogP contribution in [0.1, 0.15) is 13.8 Å². The van der Waals surface area contributed by atoms with E-state index in [-0.39, 0.29) is 0 Å². The molecule has 3 heterocycles. The van der Waals surface area contributed by atoms with Gasteiger partial charge in [-0.25, -0.2) is 4.18 Å². The lowest BCUT2D eigenvalue weighted by atomic mass is 9.94. The highest BCUT2D eigenvalue weighted by Gasteiger charge is 2.54. The lowest BCUT2D eigenvalue weighted by Gasteiger charge is -2.49. The fourth-order valence-corrected chi connectivity index (χ4v) is 5.31. The number of aliphatic hydroxyl groups is 8. The van der Waals surface area contributed by atoms with Crippen molar-refractivity contribution >= 4 is 22.2 Å². The fourth-order valence-electron chi connectivity index (χ4n) is 5.00. The molecule has 0 spiro atoms. The Morgan fingerprint density at radius 2 is 1.23 bits per heavy atom. The first-order chi connectivity index (χ1) is 20.5. The summed E-state index contributed by atoms with van der Waals surface area (Å²) in [5.74, 6) is -1.43. The van der Waals surface area contributed by atoms with Crippen molar-refractivity contribution in [3.05, 3.63) is 0 Å². The van der Waals surface area contributed by atoms with Crippen LogP contribution in [-0.4, -0.2) is 177 Å². The first-order valence-corrected chi connectivity index (χ1v) is 14.6. The average molecular weight is 667 g/mol. The van der Waals surface area contributed by atoms with Gasteiger partial charge in [0.25, 0.3) is 0 Å². The molecule has 3 aliphatic heterocycles. The van der Waals surface area contributed by atoms with Crippen molar-refractivity contribution in [2.75, 3.05) is 19.8 Å². The quantitative estimate of drug-likeness (QED) is 0.0912. The maximum atomic E-state index is 12.1. The summed E-state index contributed by atoms with van der Waals surface area (Å²) in [6, 6.07) is -3.04. The fraction of sp³-hybridized carbons (Fsp3) is 0.909. The summed E-state index contributed by atoms with van der Waals surface area (Å²) in [6.45, 7) is -0.603. The Balaban J connectivity index is 1.87. The summed E-state index contributed by atoms with van der Waals surface area (Å²) >= 11 is 0. The van der Waals surface area contributed by atoms with Crippen LogP contribution in [0.5, 0.6) is 0 Å². The van der Waals surface area contributed by atoms with Crippen LogP contribution >= 0.6 is 0 Å². The van der Waals surface area contributed by atoms with Gasteiger partial charge in [0.05, 0.1) is 19.8 Å². The Kier molecular flexibility index (Phi) is 12.7. The number of hydrogen-bond acceptors (Lipinski definition) is 18. The van der Waals surface area contributed by atoms with Gasteiger partial charge >= 0.3 is 10.4 Å². The topological polar surface area (TPSA) is 330 Å². The molecule has 0 bridgehead atoms. The summed E-state index contributed by atoms with van der Waals surface area (Å²) in [4.78, 5) is 23.8. The second kappa shape index (κ2) is 15.3. The van der Waals surface area contributed by atoms with Gasteiger partial charge in [0.2, 0.25) is 11.8 Å². The van der Waals surface area contributed by atoms with E-state index in [1.807, 2.05) is 0 Å². The molecule has 44 heavy (non-hydrogen) atoms. The Morgan fingerprint density at radius 3 is 1.77 bits per heavy atom. The van der Waals surface area contributed by atoms with Gasteiger partial charge in [-0.1, -0.05) is 0 Å². The van der Waals surface area contributed by atoms with Gasteiger partial charge in [-0.15, -0.1) is 0 Å². The number of aliphatic hydroxyl groups excluding tert-OH is 8. The number of carbonyl (C=O) groups is 2. The monoisotopic (exact) mass is 666 g/mol. The average Bonchev–Trinajstić information content (AvgIpc) is 2.93. The molecule has 0 saturated carbocycles. The third-order valence-electron chi connectivity index (χ3n) is 7.10. The molecule has 0 aromatic rings. The zero-order valence-corrected chi connectivity index (χ0v) is 24.1.